The quantitative estimate of drug-likeness (QED) is 0.784. The van der Waals surface area contributed by atoms with Crippen molar-refractivity contribution in [1.82, 2.24) is 9.88 Å². The van der Waals surface area contributed by atoms with Gasteiger partial charge < -0.3 is 14.4 Å². The molecule has 23 heavy (non-hydrogen) atoms. The Balaban J connectivity index is 1.68. The van der Waals surface area contributed by atoms with Crippen molar-refractivity contribution in [3.8, 4) is 0 Å². The Morgan fingerprint density at radius 3 is 2.65 bits per heavy atom. The molecular weight excluding hydrogens is 386 g/mol. The first-order valence-corrected chi connectivity index (χ1v) is 8.72. The molecule has 2 aromatic rings. The highest BCUT2D eigenvalue weighted by molar-refractivity contribution is 9.10. The van der Waals surface area contributed by atoms with Gasteiger partial charge in [-0.3, -0.25) is 4.90 Å². The third-order valence-electron chi connectivity index (χ3n) is 4.65. The number of amides is 1. The van der Waals surface area contributed by atoms with Crippen LogP contribution in [0.2, 0.25) is 5.02 Å². The first kappa shape index (κ1) is 15.1. The molecule has 2 atom stereocenters. The summed E-state index contributed by atoms with van der Waals surface area (Å²) < 4.78 is 6.70. The molecule has 0 saturated carbocycles. The van der Waals surface area contributed by atoms with Gasteiger partial charge in [-0.05, 0) is 47.3 Å². The molecule has 2 bridgehead atoms. The highest BCUT2D eigenvalue weighted by Gasteiger charge is 2.41. The van der Waals surface area contributed by atoms with Crippen molar-refractivity contribution >= 4 is 50.7 Å². The molecule has 122 valence electrons. The number of carboxylic acid groups (broad SMARTS) is 1. The van der Waals surface area contributed by atoms with E-state index in [-0.39, 0.29) is 12.1 Å². The van der Waals surface area contributed by atoms with Crippen LogP contribution in [0.5, 0.6) is 0 Å². The van der Waals surface area contributed by atoms with Gasteiger partial charge in [-0.25, -0.2) is 4.79 Å². The van der Waals surface area contributed by atoms with Crippen molar-refractivity contribution in [3.05, 3.63) is 21.6 Å². The molecule has 3 heterocycles. The van der Waals surface area contributed by atoms with Crippen LogP contribution in [0.25, 0.3) is 11.1 Å². The number of carbonyl (C=O) groups is 1. The molecule has 4 rings (SSSR count). The minimum absolute atomic E-state index is 0.00563. The summed E-state index contributed by atoms with van der Waals surface area (Å²) in [7, 11) is 0. The summed E-state index contributed by atoms with van der Waals surface area (Å²) in [5.41, 5.74) is 1.25. The van der Waals surface area contributed by atoms with Crippen LogP contribution in [0.1, 0.15) is 19.3 Å². The van der Waals surface area contributed by atoms with Crippen LogP contribution >= 0.6 is 27.5 Å². The first-order chi connectivity index (χ1) is 11.0. The topological polar surface area (TPSA) is 69.8 Å². The van der Waals surface area contributed by atoms with Gasteiger partial charge in [0.2, 0.25) is 0 Å². The number of oxazole rings is 1. The lowest BCUT2D eigenvalue weighted by Crippen LogP contribution is -2.62. The molecule has 1 aromatic heterocycles. The molecule has 2 aliphatic heterocycles. The van der Waals surface area contributed by atoms with Gasteiger partial charge in [-0.2, -0.15) is 4.98 Å². The Hall–Kier alpha value is -1.47. The second kappa shape index (κ2) is 5.56. The minimum Gasteiger partial charge on any atom is -0.465 e. The average Bonchev–Trinajstić information content (AvgIpc) is 2.96. The van der Waals surface area contributed by atoms with Gasteiger partial charge in [-0.1, -0.05) is 11.6 Å². The smallest absolute Gasteiger partial charge is 0.407 e. The number of anilines is 1. The molecule has 2 unspecified atom stereocenters. The lowest BCUT2D eigenvalue weighted by Gasteiger charge is -2.48. The van der Waals surface area contributed by atoms with Gasteiger partial charge >= 0.3 is 6.09 Å². The Bertz CT molecular complexity index is 728. The Kier molecular flexibility index (Phi) is 3.65. The largest absolute Gasteiger partial charge is 0.465 e. The van der Waals surface area contributed by atoms with E-state index < -0.39 is 6.09 Å². The van der Waals surface area contributed by atoms with E-state index in [1.54, 1.807) is 11.0 Å². The zero-order valence-corrected chi connectivity index (χ0v) is 14.5. The lowest BCUT2D eigenvalue weighted by molar-refractivity contribution is 0.0593. The third-order valence-corrected chi connectivity index (χ3v) is 5.58. The van der Waals surface area contributed by atoms with E-state index in [2.05, 4.69) is 20.9 Å². The molecule has 1 amide bonds. The summed E-state index contributed by atoms with van der Waals surface area (Å²) in [5.74, 6) is 0. The van der Waals surface area contributed by atoms with Crippen LogP contribution in [-0.4, -0.2) is 46.3 Å². The van der Waals surface area contributed by atoms with Gasteiger partial charge in [0, 0.05) is 13.1 Å². The van der Waals surface area contributed by atoms with Crippen molar-refractivity contribution in [3.63, 3.8) is 0 Å². The summed E-state index contributed by atoms with van der Waals surface area (Å²) in [5, 5.41) is 9.98. The van der Waals surface area contributed by atoms with Crippen molar-refractivity contribution in [2.45, 2.75) is 31.3 Å². The number of hydrogen-bond acceptors (Lipinski definition) is 4. The van der Waals surface area contributed by atoms with Crippen molar-refractivity contribution in [2.24, 2.45) is 0 Å². The highest BCUT2D eigenvalue weighted by Crippen LogP contribution is 2.36. The van der Waals surface area contributed by atoms with E-state index in [4.69, 9.17) is 16.0 Å². The predicted octanol–water partition coefficient (Wildman–Crippen LogP) is 3.96. The number of rotatable bonds is 1. The number of aromatic nitrogens is 1. The number of piperazine rings is 1. The zero-order valence-electron chi connectivity index (χ0n) is 12.2. The highest BCUT2D eigenvalue weighted by atomic mass is 79.9. The van der Waals surface area contributed by atoms with Gasteiger partial charge in [-0.15, -0.1) is 0 Å². The molecule has 2 aliphatic rings. The Labute approximate surface area is 146 Å². The maximum Gasteiger partial charge on any atom is 0.407 e. The van der Waals surface area contributed by atoms with Crippen LogP contribution in [0.4, 0.5) is 10.8 Å². The first-order valence-electron chi connectivity index (χ1n) is 7.55. The number of nitrogens with zero attached hydrogens (tertiary/aromatic N) is 3. The second-order valence-electron chi connectivity index (χ2n) is 6.04. The third kappa shape index (κ3) is 2.46. The Morgan fingerprint density at radius 2 is 2.04 bits per heavy atom. The molecule has 6 nitrogen and oxygen atoms in total. The van der Waals surface area contributed by atoms with Crippen LogP contribution in [0.15, 0.2) is 21.0 Å². The molecule has 2 saturated heterocycles. The van der Waals surface area contributed by atoms with E-state index in [1.165, 1.54) is 0 Å². The summed E-state index contributed by atoms with van der Waals surface area (Å²) in [4.78, 5) is 19.7. The SMILES string of the molecule is O=C(O)N1C2CCCC1CN(c1nc3c(Cl)ccc(Br)c3o1)C2. The number of hydrogen-bond donors (Lipinski definition) is 1. The molecule has 1 N–H and O–H groups in total. The minimum atomic E-state index is -0.831. The average molecular weight is 401 g/mol. The van der Waals surface area contributed by atoms with E-state index in [1.807, 2.05) is 11.0 Å². The molecule has 0 radical (unpaired) electrons. The summed E-state index contributed by atoms with van der Waals surface area (Å²) in [6.45, 7) is 1.20. The number of halogens is 2. The Morgan fingerprint density at radius 1 is 1.35 bits per heavy atom. The second-order valence-corrected chi connectivity index (χ2v) is 7.30. The van der Waals surface area contributed by atoms with Crippen molar-refractivity contribution in [1.29, 1.82) is 0 Å². The van der Waals surface area contributed by atoms with Crippen LogP contribution in [0.3, 0.4) is 0 Å². The normalized spacial score (nSPS) is 24.3. The fourth-order valence-corrected chi connectivity index (χ4v) is 4.24. The fourth-order valence-electron chi connectivity index (χ4n) is 3.64. The van der Waals surface area contributed by atoms with E-state index >= 15 is 0 Å². The number of piperidine rings is 1. The molecular formula is C15H15BrClN3O3. The van der Waals surface area contributed by atoms with E-state index in [9.17, 15) is 9.90 Å². The van der Waals surface area contributed by atoms with Crippen molar-refractivity contribution < 1.29 is 14.3 Å². The van der Waals surface area contributed by atoms with Crippen LogP contribution in [-0.2, 0) is 0 Å². The van der Waals surface area contributed by atoms with Gasteiger partial charge in [0.05, 0.1) is 21.6 Å². The molecule has 2 fully saturated rings. The van der Waals surface area contributed by atoms with Gasteiger partial charge in [0.1, 0.15) is 5.52 Å². The molecule has 0 spiro atoms. The van der Waals surface area contributed by atoms with Crippen LogP contribution < -0.4 is 4.90 Å². The zero-order chi connectivity index (χ0) is 16.1. The molecule has 1 aromatic carbocycles. The molecule has 0 aliphatic carbocycles. The van der Waals surface area contributed by atoms with Crippen molar-refractivity contribution in [2.75, 3.05) is 18.0 Å². The monoisotopic (exact) mass is 399 g/mol. The summed E-state index contributed by atoms with van der Waals surface area (Å²) in [6.07, 6.45) is 1.99. The van der Waals surface area contributed by atoms with Gasteiger partial charge in [0.25, 0.3) is 6.01 Å². The van der Waals surface area contributed by atoms with Crippen LogP contribution in [0, 0.1) is 0 Å². The fraction of sp³-hybridized carbons (Fsp3) is 0.467. The van der Waals surface area contributed by atoms with Gasteiger partial charge in [0.15, 0.2) is 5.58 Å². The maximum atomic E-state index is 11.5. The van der Waals surface area contributed by atoms with E-state index in [0.29, 0.717) is 35.2 Å². The number of benzene rings is 1. The standard InChI is InChI=1S/C15H15BrClN3O3/c16-10-4-5-11(17)12-13(10)23-14(18-12)19-6-8-2-1-3-9(7-19)20(8)15(21)22/h4-5,8-9H,1-3,6-7H2,(H,21,22). The number of fused-ring (bicyclic) bond motifs is 3. The predicted molar refractivity (Wildman–Crippen MR) is 90.2 cm³/mol. The summed E-state index contributed by atoms with van der Waals surface area (Å²) >= 11 is 9.64. The summed E-state index contributed by atoms with van der Waals surface area (Å²) in [6, 6.07) is 4.10. The maximum absolute atomic E-state index is 11.5. The lowest BCUT2D eigenvalue weighted by atomic mass is 9.92. The van der Waals surface area contributed by atoms with E-state index in [0.717, 1.165) is 23.7 Å². The molecule has 8 heteroatoms.